The van der Waals surface area contributed by atoms with E-state index in [1.54, 1.807) is 0 Å². The van der Waals surface area contributed by atoms with Gasteiger partial charge in [0, 0.05) is 17.6 Å². The number of nitrogens with zero attached hydrogens (tertiary/aromatic N) is 1. The van der Waals surface area contributed by atoms with Crippen molar-refractivity contribution in [2.45, 2.75) is 39.2 Å². The van der Waals surface area contributed by atoms with Crippen molar-refractivity contribution in [1.82, 2.24) is 4.90 Å². The highest BCUT2D eigenvalue weighted by molar-refractivity contribution is 6.31. The number of hydrogen-bond acceptors (Lipinski definition) is 2. The molecule has 1 atom stereocenters. The molecule has 1 aromatic carbocycles. The Hall–Kier alpha value is -0.570. The van der Waals surface area contributed by atoms with Crippen molar-refractivity contribution in [1.29, 1.82) is 0 Å². The monoisotopic (exact) mass is 268 g/mol. The van der Waals surface area contributed by atoms with Crippen molar-refractivity contribution in [3.05, 3.63) is 34.3 Å². The first kappa shape index (κ1) is 15.5. The average molecular weight is 269 g/mol. The smallest absolute Gasteiger partial charge is 0.0467 e. The number of rotatable bonds is 7. The summed E-state index contributed by atoms with van der Waals surface area (Å²) < 4.78 is 0. The number of nitrogens with two attached hydrogens (primary N) is 1. The Morgan fingerprint density at radius 3 is 2.61 bits per heavy atom. The maximum atomic E-state index is 6.19. The minimum absolute atomic E-state index is 0.264. The van der Waals surface area contributed by atoms with Crippen LogP contribution < -0.4 is 5.73 Å². The molecule has 0 aliphatic heterocycles. The van der Waals surface area contributed by atoms with Crippen LogP contribution in [-0.4, -0.2) is 25.0 Å². The van der Waals surface area contributed by atoms with Gasteiger partial charge in [0.2, 0.25) is 0 Å². The largest absolute Gasteiger partial charge is 0.329 e. The second-order valence-electron chi connectivity index (χ2n) is 4.95. The van der Waals surface area contributed by atoms with Gasteiger partial charge in [-0.1, -0.05) is 43.5 Å². The zero-order chi connectivity index (χ0) is 13.5. The molecule has 0 bridgehead atoms. The van der Waals surface area contributed by atoms with E-state index in [0.717, 1.165) is 17.1 Å². The normalized spacial score (nSPS) is 13.0. The fourth-order valence-corrected chi connectivity index (χ4v) is 2.34. The molecule has 0 saturated heterocycles. The van der Waals surface area contributed by atoms with Gasteiger partial charge in [-0.3, -0.25) is 4.90 Å². The van der Waals surface area contributed by atoms with E-state index in [-0.39, 0.29) is 6.04 Å². The van der Waals surface area contributed by atoms with Crippen LogP contribution >= 0.6 is 11.6 Å². The van der Waals surface area contributed by atoms with Gasteiger partial charge in [0.1, 0.15) is 0 Å². The van der Waals surface area contributed by atoms with Gasteiger partial charge in [-0.25, -0.2) is 0 Å². The molecule has 0 heterocycles. The van der Waals surface area contributed by atoms with E-state index in [1.807, 2.05) is 13.0 Å². The predicted octanol–water partition coefficient (Wildman–Crippen LogP) is 3.77. The second-order valence-corrected chi connectivity index (χ2v) is 5.36. The van der Waals surface area contributed by atoms with Crippen LogP contribution in [0.5, 0.6) is 0 Å². The van der Waals surface area contributed by atoms with Gasteiger partial charge >= 0.3 is 0 Å². The highest BCUT2D eigenvalue weighted by Gasteiger charge is 2.15. The maximum absolute atomic E-state index is 6.19. The van der Waals surface area contributed by atoms with Crippen molar-refractivity contribution >= 4 is 11.6 Å². The third-order valence-electron chi connectivity index (χ3n) is 3.45. The minimum atomic E-state index is 0.264. The molecular weight excluding hydrogens is 244 g/mol. The fourth-order valence-electron chi connectivity index (χ4n) is 2.15. The third-order valence-corrected chi connectivity index (χ3v) is 3.86. The average Bonchev–Trinajstić information content (AvgIpc) is 2.35. The molecule has 0 radical (unpaired) electrons. The molecule has 0 amide bonds. The van der Waals surface area contributed by atoms with E-state index in [1.165, 1.54) is 24.8 Å². The number of likely N-dealkylation sites (N-methyl/N-ethyl adjacent to an activating group) is 1. The molecule has 2 nitrogen and oxygen atoms in total. The summed E-state index contributed by atoms with van der Waals surface area (Å²) in [5.74, 6) is 0. The van der Waals surface area contributed by atoms with E-state index in [2.05, 4.69) is 31.0 Å². The van der Waals surface area contributed by atoms with Crippen LogP contribution in [-0.2, 0) is 0 Å². The highest BCUT2D eigenvalue weighted by Crippen LogP contribution is 2.24. The Bertz CT molecular complexity index is 366. The summed E-state index contributed by atoms with van der Waals surface area (Å²) in [7, 11) is 2.14. The lowest BCUT2D eigenvalue weighted by Gasteiger charge is -2.27. The van der Waals surface area contributed by atoms with Crippen LogP contribution in [0.3, 0.4) is 0 Å². The highest BCUT2D eigenvalue weighted by atomic mass is 35.5. The molecule has 3 heteroatoms. The predicted molar refractivity (Wildman–Crippen MR) is 80.1 cm³/mol. The van der Waals surface area contributed by atoms with Crippen molar-refractivity contribution < 1.29 is 0 Å². The Labute approximate surface area is 116 Å². The summed E-state index contributed by atoms with van der Waals surface area (Å²) in [5.41, 5.74) is 8.24. The zero-order valence-electron chi connectivity index (χ0n) is 11.7. The minimum Gasteiger partial charge on any atom is -0.329 e. The molecule has 0 aromatic heterocycles. The van der Waals surface area contributed by atoms with Gasteiger partial charge in [-0.2, -0.15) is 0 Å². The van der Waals surface area contributed by atoms with Crippen molar-refractivity contribution in [2.75, 3.05) is 20.1 Å². The molecular formula is C15H25ClN2. The molecule has 0 aliphatic carbocycles. The molecule has 102 valence electrons. The summed E-state index contributed by atoms with van der Waals surface area (Å²) in [6, 6.07) is 6.51. The molecule has 0 aliphatic rings. The summed E-state index contributed by atoms with van der Waals surface area (Å²) >= 11 is 6.19. The van der Waals surface area contributed by atoms with Crippen LogP contribution in [0.1, 0.15) is 43.4 Å². The lowest BCUT2D eigenvalue weighted by Crippen LogP contribution is -2.31. The lowest BCUT2D eigenvalue weighted by molar-refractivity contribution is 0.245. The summed E-state index contributed by atoms with van der Waals surface area (Å²) in [5, 5.41) is 0.827. The van der Waals surface area contributed by atoms with Crippen LogP contribution in [0.15, 0.2) is 18.2 Å². The number of halogens is 1. The van der Waals surface area contributed by atoms with Gasteiger partial charge in [0.05, 0.1) is 0 Å². The second kappa shape index (κ2) is 7.78. The number of aryl methyl sites for hydroxylation is 1. The van der Waals surface area contributed by atoms with Crippen LogP contribution in [0.25, 0.3) is 0 Å². The Morgan fingerprint density at radius 1 is 1.33 bits per heavy atom. The van der Waals surface area contributed by atoms with Gasteiger partial charge in [-0.05, 0) is 44.1 Å². The standard InChI is InChI=1S/C15H25ClN2/c1-4-5-6-9-18(3)15(11-17)13-8-7-12(2)14(16)10-13/h7-8,10,15H,4-6,9,11,17H2,1-3H3. The molecule has 1 unspecified atom stereocenters. The molecule has 1 aromatic rings. The summed E-state index contributed by atoms with van der Waals surface area (Å²) in [6.07, 6.45) is 3.75. The van der Waals surface area contributed by atoms with Crippen LogP contribution in [0, 0.1) is 6.92 Å². The molecule has 0 saturated carbocycles. The fraction of sp³-hybridized carbons (Fsp3) is 0.600. The lowest BCUT2D eigenvalue weighted by atomic mass is 10.0. The Morgan fingerprint density at radius 2 is 2.06 bits per heavy atom. The number of hydrogen-bond donors (Lipinski definition) is 1. The quantitative estimate of drug-likeness (QED) is 0.763. The van der Waals surface area contributed by atoms with Gasteiger partial charge in [-0.15, -0.1) is 0 Å². The first-order valence-electron chi connectivity index (χ1n) is 6.76. The van der Waals surface area contributed by atoms with E-state index in [4.69, 9.17) is 17.3 Å². The summed E-state index contributed by atoms with van der Waals surface area (Å²) in [4.78, 5) is 2.33. The van der Waals surface area contributed by atoms with Crippen LogP contribution in [0.4, 0.5) is 0 Å². The van der Waals surface area contributed by atoms with Crippen molar-refractivity contribution in [2.24, 2.45) is 5.73 Å². The van der Waals surface area contributed by atoms with Crippen LogP contribution in [0.2, 0.25) is 5.02 Å². The van der Waals surface area contributed by atoms with Gasteiger partial charge in [0.15, 0.2) is 0 Å². The van der Waals surface area contributed by atoms with E-state index in [0.29, 0.717) is 6.54 Å². The number of unbranched alkanes of at least 4 members (excludes halogenated alkanes) is 2. The van der Waals surface area contributed by atoms with E-state index >= 15 is 0 Å². The first-order valence-corrected chi connectivity index (χ1v) is 7.14. The first-order chi connectivity index (χ1) is 8.60. The molecule has 1 rings (SSSR count). The van der Waals surface area contributed by atoms with Crippen molar-refractivity contribution in [3.8, 4) is 0 Å². The molecule has 2 N–H and O–H groups in total. The van der Waals surface area contributed by atoms with E-state index in [9.17, 15) is 0 Å². The topological polar surface area (TPSA) is 29.3 Å². The van der Waals surface area contributed by atoms with Crippen molar-refractivity contribution in [3.63, 3.8) is 0 Å². The Balaban J connectivity index is 2.72. The molecule has 0 fully saturated rings. The van der Waals surface area contributed by atoms with Gasteiger partial charge < -0.3 is 5.73 Å². The number of benzene rings is 1. The summed E-state index contributed by atoms with van der Waals surface area (Å²) in [6.45, 7) is 5.96. The SMILES string of the molecule is CCCCCN(C)C(CN)c1ccc(C)c(Cl)c1. The Kier molecular flexibility index (Phi) is 6.69. The van der Waals surface area contributed by atoms with E-state index < -0.39 is 0 Å². The van der Waals surface area contributed by atoms with Gasteiger partial charge in [0.25, 0.3) is 0 Å². The third kappa shape index (κ3) is 4.27. The molecule has 18 heavy (non-hydrogen) atoms. The maximum Gasteiger partial charge on any atom is 0.0467 e. The zero-order valence-corrected chi connectivity index (χ0v) is 12.5. The molecule has 0 spiro atoms.